The topological polar surface area (TPSA) is 167 Å². The minimum atomic E-state index is -2.57. The van der Waals surface area contributed by atoms with Crippen LogP contribution in [0, 0.1) is 16.7 Å². The van der Waals surface area contributed by atoms with Crippen molar-refractivity contribution < 1.29 is 29.7 Å². The maximum absolute atomic E-state index is 13.5. The molecule has 0 saturated heterocycles. The number of phenolic OH excluding ortho intramolecular Hbond substituents is 1. The Balaban J connectivity index is 1.75. The summed E-state index contributed by atoms with van der Waals surface area (Å²) in [6, 6.07) is 8.76. The highest BCUT2D eigenvalue weighted by molar-refractivity contribution is 6.25. The zero-order valence-corrected chi connectivity index (χ0v) is 16.7. The van der Waals surface area contributed by atoms with Crippen molar-refractivity contribution in [3.8, 4) is 5.75 Å². The molecule has 1 unspecified atom stereocenters. The molecule has 3 atom stereocenters. The van der Waals surface area contributed by atoms with Gasteiger partial charge in [-0.2, -0.15) is 0 Å². The number of hydrogen-bond acceptors (Lipinski definition) is 8. The van der Waals surface area contributed by atoms with Gasteiger partial charge in [-0.25, -0.2) is 0 Å². The van der Waals surface area contributed by atoms with Crippen LogP contribution < -0.4 is 5.73 Å². The molecule has 0 aliphatic heterocycles. The molecule has 0 fully saturated rings. The number of primary amides is 1. The molecule has 32 heavy (non-hydrogen) atoms. The summed E-state index contributed by atoms with van der Waals surface area (Å²) >= 11 is 0. The second kappa shape index (κ2) is 6.57. The van der Waals surface area contributed by atoms with Crippen molar-refractivity contribution in [2.45, 2.75) is 24.9 Å². The number of hydrogen-bond donors (Lipinski definition) is 4. The van der Waals surface area contributed by atoms with E-state index in [1.165, 1.54) is 0 Å². The number of amides is 1. The van der Waals surface area contributed by atoms with E-state index in [0.29, 0.717) is 10.9 Å². The van der Waals surface area contributed by atoms with Gasteiger partial charge in [0.15, 0.2) is 11.4 Å². The quantitative estimate of drug-likeness (QED) is 0.414. The second-order valence-electron chi connectivity index (χ2n) is 8.48. The van der Waals surface area contributed by atoms with Crippen LogP contribution in [0.25, 0.3) is 10.8 Å². The van der Waals surface area contributed by atoms with Crippen molar-refractivity contribution in [1.82, 2.24) is 0 Å². The Kier molecular flexibility index (Phi) is 4.12. The standard InChI is InChI=1S/C23H18N2O7/c24-22(30)17-14(26)8-12-7-11-6-10-5-9-3-1-2-4-13(9)18(27)15(10)19(28)16(11)20(25-32)23(12,31)21(17)29/h1-5,11-12,26-27,31H,6-8H2,(H2,24,30)/t11?,12-,23-/m0/s1. The van der Waals surface area contributed by atoms with E-state index in [-0.39, 0.29) is 36.1 Å². The van der Waals surface area contributed by atoms with Crippen molar-refractivity contribution in [2.24, 2.45) is 22.7 Å². The molecule has 0 heterocycles. The molecule has 0 bridgehead atoms. The summed E-state index contributed by atoms with van der Waals surface area (Å²) in [5, 5.41) is 36.4. The number of nitrogens with two attached hydrogens (primary N) is 1. The Hall–Kier alpha value is -3.85. The zero-order valence-electron chi connectivity index (χ0n) is 16.7. The van der Waals surface area contributed by atoms with Crippen LogP contribution >= 0.6 is 0 Å². The number of aliphatic hydroxyl groups excluding tert-OH is 1. The fourth-order valence-corrected chi connectivity index (χ4v) is 5.46. The highest BCUT2D eigenvalue weighted by Crippen LogP contribution is 2.52. The number of allylic oxidation sites excluding steroid dienone is 2. The number of rotatable bonds is 2. The average molecular weight is 434 g/mol. The molecule has 162 valence electrons. The minimum Gasteiger partial charge on any atom is -0.511 e. The van der Waals surface area contributed by atoms with Crippen LogP contribution in [0.5, 0.6) is 5.75 Å². The van der Waals surface area contributed by atoms with Gasteiger partial charge >= 0.3 is 0 Å². The number of ketones is 2. The summed E-state index contributed by atoms with van der Waals surface area (Å²) in [5.74, 6) is -5.54. The number of nitrogens with zero attached hydrogens (tertiary/aromatic N) is 1. The number of benzene rings is 2. The third-order valence-corrected chi connectivity index (χ3v) is 6.87. The first-order chi connectivity index (χ1) is 15.2. The number of fused-ring (bicyclic) bond motifs is 4. The molecule has 1 amide bonds. The fourth-order valence-electron chi connectivity index (χ4n) is 5.46. The maximum atomic E-state index is 13.5. The van der Waals surface area contributed by atoms with E-state index in [2.05, 4.69) is 5.18 Å². The van der Waals surface area contributed by atoms with Crippen LogP contribution in [0.15, 0.2) is 58.1 Å². The second-order valence-corrected chi connectivity index (χ2v) is 8.48. The van der Waals surface area contributed by atoms with Crippen molar-refractivity contribution >= 4 is 28.2 Å². The van der Waals surface area contributed by atoms with Crippen molar-refractivity contribution in [3.05, 3.63) is 69.0 Å². The van der Waals surface area contributed by atoms with E-state index in [4.69, 9.17) is 5.73 Å². The van der Waals surface area contributed by atoms with Crippen LogP contribution in [0.3, 0.4) is 0 Å². The largest absolute Gasteiger partial charge is 0.511 e. The highest BCUT2D eigenvalue weighted by atomic mass is 16.3. The monoisotopic (exact) mass is 434 g/mol. The van der Waals surface area contributed by atoms with Gasteiger partial charge in [-0.15, -0.1) is 4.91 Å². The summed E-state index contributed by atoms with van der Waals surface area (Å²) in [6.45, 7) is 0. The predicted molar refractivity (Wildman–Crippen MR) is 111 cm³/mol. The van der Waals surface area contributed by atoms with Crippen LogP contribution in [0.1, 0.15) is 28.8 Å². The Bertz CT molecular complexity index is 1340. The molecule has 0 aromatic heterocycles. The summed E-state index contributed by atoms with van der Waals surface area (Å²) in [7, 11) is 0. The van der Waals surface area contributed by atoms with E-state index in [0.717, 1.165) is 5.39 Å². The van der Waals surface area contributed by atoms with E-state index in [1.807, 2.05) is 0 Å². The van der Waals surface area contributed by atoms with Crippen molar-refractivity contribution in [1.29, 1.82) is 0 Å². The molecule has 0 radical (unpaired) electrons. The Morgan fingerprint density at radius 1 is 1.16 bits per heavy atom. The first-order valence-corrected chi connectivity index (χ1v) is 10.1. The van der Waals surface area contributed by atoms with Gasteiger partial charge in [-0.3, -0.25) is 14.4 Å². The lowest BCUT2D eigenvalue weighted by Crippen LogP contribution is -2.56. The van der Waals surface area contributed by atoms with Gasteiger partial charge in [0.2, 0.25) is 5.78 Å². The molecule has 9 heteroatoms. The maximum Gasteiger partial charge on any atom is 0.255 e. The minimum absolute atomic E-state index is 0.00470. The smallest absolute Gasteiger partial charge is 0.255 e. The molecule has 5 N–H and O–H groups in total. The number of carbonyl (C=O) groups is 3. The Morgan fingerprint density at radius 2 is 1.88 bits per heavy atom. The van der Waals surface area contributed by atoms with Crippen LogP contribution in [-0.4, -0.2) is 38.4 Å². The van der Waals surface area contributed by atoms with Crippen LogP contribution in [-0.2, 0) is 16.0 Å². The number of nitroso groups, excluding NO2 is 1. The SMILES string of the molecule is NC(=O)C1=C(O)C[C@@H]2CC3Cc4cc5ccccc5c(O)c4C(=O)C3=C(N=O)[C@]2(O)C1=O. The van der Waals surface area contributed by atoms with E-state index in [9.17, 15) is 34.6 Å². The Labute approximate surface area is 180 Å². The summed E-state index contributed by atoms with van der Waals surface area (Å²) in [4.78, 5) is 50.1. The molecule has 9 nitrogen and oxygen atoms in total. The molecular formula is C23H18N2O7. The summed E-state index contributed by atoms with van der Waals surface area (Å²) < 4.78 is 0. The highest BCUT2D eigenvalue weighted by Gasteiger charge is 2.60. The summed E-state index contributed by atoms with van der Waals surface area (Å²) in [5.41, 5.74) is 1.56. The zero-order chi connectivity index (χ0) is 22.9. The van der Waals surface area contributed by atoms with Gasteiger partial charge in [-0.1, -0.05) is 30.3 Å². The van der Waals surface area contributed by atoms with Crippen molar-refractivity contribution in [3.63, 3.8) is 0 Å². The van der Waals surface area contributed by atoms with Gasteiger partial charge in [0.05, 0.1) is 5.56 Å². The van der Waals surface area contributed by atoms with Crippen LogP contribution in [0.2, 0.25) is 0 Å². The third-order valence-electron chi connectivity index (χ3n) is 6.87. The lowest BCUT2D eigenvalue weighted by atomic mass is 9.59. The molecule has 3 aliphatic carbocycles. The first-order valence-electron chi connectivity index (χ1n) is 10.1. The lowest BCUT2D eigenvalue weighted by molar-refractivity contribution is -0.140. The lowest BCUT2D eigenvalue weighted by Gasteiger charge is -2.45. The van der Waals surface area contributed by atoms with Gasteiger partial charge in [-0.05, 0) is 34.9 Å². The normalized spacial score (nSPS) is 27.2. The van der Waals surface area contributed by atoms with Gasteiger partial charge in [0.25, 0.3) is 5.91 Å². The fraction of sp³-hybridized carbons (Fsp3) is 0.261. The number of aromatic hydroxyl groups is 1. The van der Waals surface area contributed by atoms with Gasteiger partial charge < -0.3 is 21.1 Å². The molecule has 0 spiro atoms. The number of aliphatic hydroxyl groups is 2. The van der Waals surface area contributed by atoms with E-state index < -0.39 is 51.9 Å². The number of phenols is 1. The van der Waals surface area contributed by atoms with Crippen LogP contribution in [0.4, 0.5) is 0 Å². The molecular weight excluding hydrogens is 416 g/mol. The van der Waals surface area contributed by atoms with E-state index in [1.54, 1.807) is 30.3 Å². The predicted octanol–water partition coefficient (Wildman–Crippen LogP) is 1.94. The molecule has 5 rings (SSSR count). The average Bonchev–Trinajstić information content (AvgIpc) is 2.74. The molecule has 0 saturated carbocycles. The van der Waals surface area contributed by atoms with Crippen molar-refractivity contribution in [2.75, 3.05) is 0 Å². The van der Waals surface area contributed by atoms with Gasteiger partial charge in [0.1, 0.15) is 22.8 Å². The number of Topliss-reactive ketones (excluding diaryl/α,β-unsaturated/α-hetero) is 2. The van der Waals surface area contributed by atoms with E-state index >= 15 is 0 Å². The molecule has 2 aromatic carbocycles. The Morgan fingerprint density at radius 3 is 2.56 bits per heavy atom. The molecule has 2 aromatic rings. The molecule has 3 aliphatic rings. The summed E-state index contributed by atoms with van der Waals surface area (Å²) in [6.07, 6.45) is 0.0839. The number of carbonyl (C=O) groups excluding carboxylic acids is 3. The van der Waals surface area contributed by atoms with Gasteiger partial charge in [0, 0.05) is 23.3 Å². The third kappa shape index (κ3) is 2.39. The first kappa shape index (κ1) is 20.1.